The van der Waals surface area contributed by atoms with Gasteiger partial charge in [0.15, 0.2) is 0 Å². The molecular formula is C16H23BrN2O. The Balaban J connectivity index is 1.79. The summed E-state index contributed by atoms with van der Waals surface area (Å²) in [4.78, 5) is 0. The van der Waals surface area contributed by atoms with E-state index < -0.39 is 0 Å². The first kappa shape index (κ1) is 14.4. The summed E-state index contributed by atoms with van der Waals surface area (Å²) >= 11 is 3.61. The van der Waals surface area contributed by atoms with Crippen molar-refractivity contribution in [1.82, 2.24) is 5.43 Å². The van der Waals surface area contributed by atoms with Gasteiger partial charge in [0.2, 0.25) is 0 Å². The van der Waals surface area contributed by atoms with Crippen LogP contribution < -0.4 is 16.0 Å². The largest absolute Gasteiger partial charge is 0.493 e. The fraction of sp³-hybridized carbons (Fsp3) is 0.625. The second kappa shape index (κ2) is 6.04. The van der Waals surface area contributed by atoms with Gasteiger partial charge in [-0.3, -0.25) is 11.3 Å². The third-order valence-corrected chi connectivity index (χ3v) is 5.24. The van der Waals surface area contributed by atoms with Crippen LogP contribution in [0.5, 0.6) is 5.75 Å². The molecule has 3 atom stereocenters. The monoisotopic (exact) mass is 338 g/mol. The topological polar surface area (TPSA) is 47.3 Å². The molecular weight excluding hydrogens is 316 g/mol. The summed E-state index contributed by atoms with van der Waals surface area (Å²) in [6.45, 7) is 3.15. The van der Waals surface area contributed by atoms with Crippen molar-refractivity contribution >= 4 is 15.9 Å². The minimum Gasteiger partial charge on any atom is -0.493 e. The molecule has 0 bridgehead atoms. The van der Waals surface area contributed by atoms with Crippen molar-refractivity contribution in [3.05, 3.63) is 27.7 Å². The maximum absolute atomic E-state index is 5.83. The Morgan fingerprint density at radius 2 is 2.30 bits per heavy atom. The normalized spacial score (nSPS) is 26.4. The molecule has 2 aliphatic rings. The highest BCUT2D eigenvalue weighted by molar-refractivity contribution is 9.10. The van der Waals surface area contributed by atoms with Gasteiger partial charge in [0.25, 0.3) is 0 Å². The average molecular weight is 339 g/mol. The lowest BCUT2D eigenvalue weighted by atomic mass is 9.91. The lowest BCUT2D eigenvalue weighted by molar-refractivity contribution is 0.334. The fourth-order valence-electron chi connectivity index (χ4n) is 3.71. The van der Waals surface area contributed by atoms with Gasteiger partial charge in [-0.15, -0.1) is 0 Å². The van der Waals surface area contributed by atoms with Crippen LogP contribution in [-0.4, -0.2) is 12.6 Å². The van der Waals surface area contributed by atoms with E-state index in [0.29, 0.717) is 12.0 Å². The maximum atomic E-state index is 5.83. The molecule has 1 aliphatic carbocycles. The zero-order chi connectivity index (χ0) is 14.1. The molecule has 0 radical (unpaired) electrons. The van der Waals surface area contributed by atoms with Gasteiger partial charge in [-0.2, -0.15) is 0 Å². The van der Waals surface area contributed by atoms with Crippen molar-refractivity contribution in [2.24, 2.45) is 17.7 Å². The smallest absolute Gasteiger partial charge is 0.125 e. The van der Waals surface area contributed by atoms with Crippen molar-refractivity contribution in [3.63, 3.8) is 0 Å². The first-order valence-electron chi connectivity index (χ1n) is 7.57. The maximum Gasteiger partial charge on any atom is 0.125 e. The predicted molar refractivity (Wildman–Crippen MR) is 84.7 cm³/mol. The van der Waals surface area contributed by atoms with Gasteiger partial charge in [-0.05, 0) is 54.4 Å². The third-order valence-electron chi connectivity index (χ3n) is 4.78. The molecule has 3 N–H and O–H groups in total. The fourth-order valence-corrected chi connectivity index (χ4v) is 4.27. The third kappa shape index (κ3) is 2.87. The number of fused-ring (bicyclic) bond motifs is 1. The van der Waals surface area contributed by atoms with Crippen LogP contribution in [0.3, 0.4) is 0 Å². The summed E-state index contributed by atoms with van der Waals surface area (Å²) in [6.07, 6.45) is 5.87. The standard InChI is InChI=1S/C16H23BrN2O/c1-10-2-3-11(6-10)15(19-18)9-13-8-14(17)7-12-4-5-20-16(12)13/h7-8,10-11,15,19H,2-6,9,18H2,1H3. The molecule has 3 rings (SSSR count). The summed E-state index contributed by atoms with van der Waals surface area (Å²) in [5.74, 6) is 8.44. The highest BCUT2D eigenvalue weighted by Gasteiger charge is 2.29. The molecule has 4 heteroatoms. The summed E-state index contributed by atoms with van der Waals surface area (Å²) in [5, 5.41) is 0. The van der Waals surface area contributed by atoms with Crippen molar-refractivity contribution < 1.29 is 4.74 Å². The molecule has 110 valence electrons. The zero-order valence-corrected chi connectivity index (χ0v) is 13.6. The molecule has 0 spiro atoms. The molecule has 0 saturated heterocycles. The van der Waals surface area contributed by atoms with Crippen LogP contribution >= 0.6 is 15.9 Å². The van der Waals surface area contributed by atoms with E-state index in [-0.39, 0.29) is 0 Å². The van der Waals surface area contributed by atoms with Gasteiger partial charge in [0.1, 0.15) is 5.75 Å². The van der Waals surface area contributed by atoms with E-state index in [9.17, 15) is 0 Å². The zero-order valence-electron chi connectivity index (χ0n) is 12.0. The number of hydrazine groups is 1. The molecule has 3 unspecified atom stereocenters. The van der Waals surface area contributed by atoms with Crippen LogP contribution in [0.1, 0.15) is 37.3 Å². The van der Waals surface area contributed by atoms with Crippen molar-refractivity contribution in [1.29, 1.82) is 0 Å². The van der Waals surface area contributed by atoms with E-state index >= 15 is 0 Å². The number of halogens is 1. The Labute approximate surface area is 129 Å². The van der Waals surface area contributed by atoms with Gasteiger partial charge in [-0.1, -0.05) is 29.3 Å². The van der Waals surface area contributed by atoms with Crippen LogP contribution in [0.15, 0.2) is 16.6 Å². The van der Waals surface area contributed by atoms with Crippen LogP contribution in [0, 0.1) is 11.8 Å². The van der Waals surface area contributed by atoms with E-state index in [1.165, 1.54) is 30.4 Å². The van der Waals surface area contributed by atoms with Gasteiger partial charge in [0.05, 0.1) is 6.61 Å². The van der Waals surface area contributed by atoms with Crippen LogP contribution in [-0.2, 0) is 12.8 Å². The first-order chi connectivity index (χ1) is 9.67. The Morgan fingerprint density at radius 3 is 3.00 bits per heavy atom. The van der Waals surface area contributed by atoms with E-state index in [1.807, 2.05) is 0 Å². The Kier molecular flexibility index (Phi) is 4.34. The predicted octanol–water partition coefficient (Wildman–Crippen LogP) is 3.19. The van der Waals surface area contributed by atoms with Gasteiger partial charge in [-0.25, -0.2) is 0 Å². The minimum absolute atomic E-state index is 0.350. The van der Waals surface area contributed by atoms with Gasteiger partial charge >= 0.3 is 0 Å². The first-order valence-corrected chi connectivity index (χ1v) is 8.37. The molecule has 1 aromatic rings. The summed E-state index contributed by atoms with van der Waals surface area (Å²) in [6, 6.07) is 4.71. The van der Waals surface area contributed by atoms with Crippen molar-refractivity contribution in [3.8, 4) is 5.75 Å². The number of hydrogen-bond acceptors (Lipinski definition) is 3. The van der Waals surface area contributed by atoms with E-state index in [0.717, 1.165) is 35.6 Å². The van der Waals surface area contributed by atoms with E-state index in [2.05, 4.69) is 40.4 Å². The van der Waals surface area contributed by atoms with E-state index in [1.54, 1.807) is 0 Å². The number of nitrogens with one attached hydrogen (secondary N) is 1. The highest BCUT2D eigenvalue weighted by Crippen LogP contribution is 2.37. The number of ether oxygens (including phenoxy) is 1. The second-order valence-corrected chi connectivity index (χ2v) is 7.22. The Morgan fingerprint density at radius 1 is 1.45 bits per heavy atom. The molecule has 0 amide bonds. The number of rotatable bonds is 4. The molecule has 1 saturated carbocycles. The van der Waals surface area contributed by atoms with E-state index in [4.69, 9.17) is 10.6 Å². The second-order valence-electron chi connectivity index (χ2n) is 6.31. The summed E-state index contributed by atoms with van der Waals surface area (Å²) in [5.41, 5.74) is 5.66. The molecule has 1 fully saturated rings. The molecule has 1 heterocycles. The van der Waals surface area contributed by atoms with Crippen molar-refractivity contribution in [2.75, 3.05) is 6.61 Å². The molecule has 3 nitrogen and oxygen atoms in total. The average Bonchev–Trinajstić information content (AvgIpc) is 3.04. The molecule has 1 aliphatic heterocycles. The minimum atomic E-state index is 0.350. The Bertz CT molecular complexity index is 492. The van der Waals surface area contributed by atoms with Gasteiger partial charge < -0.3 is 4.74 Å². The van der Waals surface area contributed by atoms with Crippen molar-refractivity contribution in [2.45, 2.75) is 45.1 Å². The Hall–Kier alpha value is -0.580. The molecule has 20 heavy (non-hydrogen) atoms. The highest BCUT2D eigenvalue weighted by atomic mass is 79.9. The quantitative estimate of drug-likeness (QED) is 0.654. The SMILES string of the molecule is CC1CCC(C(Cc2cc(Br)cc3c2OCC3)NN)C1. The summed E-state index contributed by atoms with van der Waals surface area (Å²) < 4.78 is 6.97. The van der Waals surface area contributed by atoms with Crippen LogP contribution in [0.2, 0.25) is 0 Å². The van der Waals surface area contributed by atoms with Crippen LogP contribution in [0.4, 0.5) is 0 Å². The summed E-state index contributed by atoms with van der Waals surface area (Å²) in [7, 11) is 0. The molecule has 1 aromatic carbocycles. The lowest BCUT2D eigenvalue weighted by Crippen LogP contribution is -2.41. The number of nitrogens with two attached hydrogens (primary N) is 1. The lowest BCUT2D eigenvalue weighted by Gasteiger charge is -2.24. The van der Waals surface area contributed by atoms with Crippen LogP contribution in [0.25, 0.3) is 0 Å². The number of hydrogen-bond donors (Lipinski definition) is 2. The number of benzene rings is 1. The van der Waals surface area contributed by atoms with Gasteiger partial charge in [0, 0.05) is 16.9 Å². The molecule has 0 aromatic heterocycles.